The SMILES string of the molecule is CCOC(COc1ccc(C2c3[nH]c4c(c3CCN2C(=O)Oc2ccc(Cl)cc2)=CC(Cl)CC=4)cc1)OCC. The van der Waals surface area contributed by atoms with Crippen molar-refractivity contribution in [3.05, 3.63) is 80.9 Å². The number of halogens is 2. The van der Waals surface area contributed by atoms with Crippen LogP contribution in [0.5, 0.6) is 11.5 Å². The summed E-state index contributed by atoms with van der Waals surface area (Å²) in [5.41, 5.74) is 3.09. The summed E-state index contributed by atoms with van der Waals surface area (Å²) in [7, 11) is 0. The summed E-state index contributed by atoms with van der Waals surface area (Å²) in [6, 6.07) is 14.2. The van der Waals surface area contributed by atoms with Gasteiger partial charge in [-0.3, -0.25) is 4.90 Å². The molecule has 39 heavy (non-hydrogen) atoms. The Morgan fingerprint density at radius 2 is 1.74 bits per heavy atom. The molecule has 1 aliphatic heterocycles. The maximum absolute atomic E-state index is 13.5. The van der Waals surface area contributed by atoms with E-state index < -0.39 is 12.4 Å². The average molecular weight is 572 g/mol. The lowest BCUT2D eigenvalue weighted by Crippen LogP contribution is -2.43. The minimum Gasteiger partial charge on any atom is -0.488 e. The van der Waals surface area contributed by atoms with Crippen molar-refractivity contribution >= 4 is 41.4 Å². The van der Waals surface area contributed by atoms with E-state index in [1.54, 1.807) is 29.2 Å². The Kier molecular flexibility index (Phi) is 8.82. The summed E-state index contributed by atoms with van der Waals surface area (Å²) in [6.07, 6.45) is 4.83. The molecule has 5 rings (SSSR count). The number of alkyl halides is 1. The molecule has 3 aromatic rings. The summed E-state index contributed by atoms with van der Waals surface area (Å²) in [5, 5.41) is 2.71. The second kappa shape index (κ2) is 12.5. The number of aromatic nitrogens is 1. The van der Waals surface area contributed by atoms with Crippen LogP contribution in [0.15, 0.2) is 48.5 Å². The number of benzene rings is 2. The third-order valence-electron chi connectivity index (χ3n) is 6.83. The summed E-state index contributed by atoms with van der Waals surface area (Å²) in [6.45, 7) is 5.70. The van der Waals surface area contributed by atoms with E-state index in [0.717, 1.165) is 28.2 Å². The first-order valence-electron chi connectivity index (χ1n) is 13.2. The van der Waals surface area contributed by atoms with Gasteiger partial charge in [-0.05, 0) is 74.2 Å². The number of carbonyl (C=O) groups excluding carboxylic acids is 1. The summed E-state index contributed by atoms with van der Waals surface area (Å²) >= 11 is 12.5. The number of rotatable bonds is 9. The molecule has 0 saturated heterocycles. The minimum absolute atomic E-state index is 0.0441. The van der Waals surface area contributed by atoms with Gasteiger partial charge in [0.15, 0.2) is 6.29 Å². The Hall–Kier alpha value is -2.97. The fourth-order valence-electron chi connectivity index (χ4n) is 5.08. The van der Waals surface area contributed by atoms with Gasteiger partial charge in [0.25, 0.3) is 0 Å². The van der Waals surface area contributed by atoms with Crippen LogP contribution in [0.4, 0.5) is 4.79 Å². The molecular weight excluding hydrogens is 539 g/mol. The number of hydrogen-bond donors (Lipinski definition) is 1. The van der Waals surface area contributed by atoms with Crippen LogP contribution in [0, 0.1) is 0 Å². The van der Waals surface area contributed by atoms with Crippen molar-refractivity contribution in [1.82, 2.24) is 9.88 Å². The molecule has 2 unspecified atom stereocenters. The average Bonchev–Trinajstić information content (AvgIpc) is 3.31. The number of ether oxygens (including phenoxy) is 4. The Labute approximate surface area is 237 Å². The second-order valence-electron chi connectivity index (χ2n) is 9.36. The molecule has 0 radical (unpaired) electrons. The van der Waals surface area contributed by atoms with E-state index in [0.29, 0.717) is 42.7 Å². The first-order valence-corrected chi connectivity index (χ1v) is 14.0. The molecule has 2 heterocycles. The zero-order valence-electron chi connectivity index (χ0n) is 22.0. The second-order valence-corrected chi connectivity index (χ2v) is 10.4. The minimum atomic E-state index is -0.430. The lowest BCUT2D eigenvalue weighted by atomic mass is 9.92. The summed E-state index contributed by atoms with van der Waals surface area (Å²) in [5.74, 6) is 1.13. The van der Waals surface area contributed by atoms with E-state index in [2.05, 4.69) is 17.1 Å². The normalized spacial score (nSPS) is 18.1. The lowest BCUT2D eigenvalue weighted by molar-refractivity contribution is -0.152. The van der Waals surface area contributed by atoms with Crippen LogP contribution in [0.1, 0.15) is 43.1 Å². The van der Waals surface area contributed by atoms with Crippen molar-refractivity contribution in [1.29, 1.82) is 0 Å². The van der Waals surface area contributed by atoms with Crippen molar-refractivity contribution < 1.29 is 23.7 Å². The third kappa shape index (κ3) is 6.28. The van der Waals surface area contributed by atoms with Crippen molar-refractivity contribution in [2.75, 3.05) is 26.4 Å². The van der Waals surface area contributed by atoms with Crippen LogP contribution in [0.3, 0.4) is 0 Å². The van der Waals surface area contributed by atoms with Crippen LogP contribution in [0.25, 0.3) is 12.2 Å². The fourth-order valence-corrected chi connectivity index (χ4v) is 5.42. The van der Waals surface area contributed by atoms with E-state index in [9.17, 15) is 4.79 Å². The summed E-state index contributed by atoms with van der Waals surface area (Å²) in [4.78, 5) is 18.8. The molecule has 1 aliphatic carbocycles. The van der Waals surface area contributed by atoms with Crippen LogP contribution in [-0.4, -0.2) is 54.0 Å². The van der Waals surface area contributed by atoms with E-state index in [1.165, 1.54) is 5.56 Å². The van der Waals surface area contributed by atoms with Crippen LogP contribution in [0.2, 0.25) is 5.02 Å². The van der Waals surface area contributed by atoms with Crippen molar-refractivity contribution in [2.45, 2.75) is 44.4 Å². The first kappa shape index (κ1) is 27.6. The number of carbonyl (C=O) groups is 1. The predicted octanol–water partition coefficient (Wildman–Crippen LogP) is 5.16. The molecule has 2 aromatic carbocycles. The van der Waals surface area contributed by atoms with Crippen LogP contribution in [-0.2, 0) is 15.9 Å². The monoisotopic (exact) mass is 570 g/mol. The molecule has 0 spiro atoms. The zero-order chi connectivity index (χ0) is 27.4. The van der Waals surface area contributed by atoms with Crippen molar-refractivity contribution in [3.8, 4) is 11.5 Å². The molecule has 1 aromatic heterocycles. The smallest absolute Gasteiger partial charge is 0.416 e. The van der Waals surface area contributed by atoms with Gasteiger partial charge in [-0.1, -0.05) is 35.9 Å². The molecule has 0 fully saturated rings. The maximum atomic E-state index is 13.5. The molecule has 0 saturated carbocycles. The highest BCUT2D eigenvalue weighted by molar-refractivity contribution is 6.30. The van der Waals surface area contributed by atoms with Gasteiger partial charge in [0, 0.05) is 41.0 Å². The van der Waals surface area contributed by atoms with E-state index >= 15 is 0 Å². The Balaban J connectivity index is 1.44. The highest BCUT2D eigenvalue weighted by Gasteiger charge is 2.35. The van der Waals surface area contributed by atoms with Gasteiger partial charge >= 0.3 is 6.09 Å². The topological polar surface area (TPSA) is 73.0 Å². The molecule has 1 amide bonds. The Bertz CT molecular complexity index is 1400. The lowest BCUT2D eigenvalue weighted by Gasteiger charge is -2.35. The number of fused-ring (bicyclic) bond motifs is 3. The fraction of sp³-hybridized carbons (Fsp3) is 0.367. The predicted molar refractivity (Wildman–Crippen MR) is 152 cm³/mol. The number of nitrogens with zero attached hydrogens (tertiary/aromatic N) is 1. The molecule has 206 valence electrons. The highest BCUT2D eigenvalue weighted by atomic mass is 35.5. The van der Waals surface area contributed by atoms with Gasteiger partial charge in [0.1, 0.15) is 24.1 Å². The molecule has 7 nitrogen and oxygen atoms in total. The number of nitrogens with one attached hydrogen (secondary N) is 1. The van der Waals surface area contributed by atoms with Gasteiger partial charge in [-0.2, -0.15) is 0 Å². The Morgan fingerprint density at radius 1 is 1.05 bits per heavy atom. The highest BCUT2D eigenvalue weighted by Crippen LogP contribution is 2.34. The largest absolute Gasteiger partial charge is 0.488 e. The third-order valence-corrected chi connectivity index (χ3v) is 7.39. The van der Waals surface area contributed by atoms with Crippen LogP contribution < -0.4 is 20.0 Å². The number of H-pyrrole nitrogens is 1. The quantitative estimate of drug-likeness (QED) is 0.284. The standard InChI is InChI=1S/C30H32Cl2N2O5/c1-3-36-27(37-4-2)18-38-22-10-5-19(6-11-22)29-28-24(25-17-21(32)9-14-26(25)33-28)15-16-34(29)30(35)39-23-12-7-20(31)8-13-23/h5-8,10-14,17,21,27,29,33H,3-4,9,15-16,18H2,1-2H3. The molecule has 0 bridgehead atoms. The molecule has 9 heteroatoms. The van der Waals surface area contributed by atoms with E-state index in [4.69, 9.17) is 42.1 Å². The molecule has 1 N–H and O–H groups in total. The summed E-state index contributed by atoms with van der Waals surface area (Å²) < 4.78 is 22.8. The molecule has 2 atom stereocenters. The van der Waals surface area contributed by atoms with Gasteiger partial charge in [0.05, 0.1) is 5.38 Å². The van der Waals surface area contributed by atoms with Gasteiger partial charge < -0.3 is 23.9 Å². The number of amides is 1. The van der Waals surface area contributed by atoms with Crippen molar-refractivity contribution in [3.63, 3.8) is 0 Å². The molecule has 2 aliphatic rings. The van der Waals surface area contributed by atoms with Gasteiger partial charge in [-0.25, -0.2) is 4.79 Å². The van der Waals surface area contributed by atoms with Gasteiger partial charge in [-0.15, -0.1) is 11.6 Å². The van der Waals surface area contributed by atoms with Crippen molar-refractivity contribution in [2.24, 2.45) is 0 Å². The number of aromatic amines is 1. The van der Waals surface area contributed by atoms with E-state index in [-0.39, 0.29) is 18.0 Å². The maximum Gasteiger partial charge on any atom is 0.416 e. The zero-order valence-corrected chi connectivity index (χ0v) is 23.5. The van der Waals surface area contributed by atoms with Gasteiger partial charge in [0.2, 0.25) is 0 Å². The Morgan fingerprint density at radius 3 is 2.44 bits per heavy atom. The molecular formula is C30H32Cl2N2O5. The number of hydrogen-bond acceptors (Lipinski definition) is 5. The first-order chi connectivity index (χ1) is 19.0. The van der Waals surface area contributed by atoms with Crippen LogP contribution >= 0.6 is 23.2 Å². The van der Waals surface area contributed by atoms with E-state index in [1.807, 2.05) is 38.1 Å².